The third kappa shape index (κ3) is 2.46. The Hall–Kier alpha value is -1.61. The van der Waals surface area contributed by atoms with Gasteiger partial charge in [-0.3, -0.25) is 4.79 Å². The monoisotopic (exact) mass is 283 g/mol. The molecule has 9 heteroatoms. The van der Waals surface area contributed by atoms with Crippen LogP contribution in [0.1, 0.15) is 11.6 Å². The van der Waals surface area contributed by atoms with E-state index in [9.17, 15) is 26.4 Å². The first-order valence-corrected chi connectivity index (χ1v) is 6.32. The molecule has 1 aromatic rings. The molecule has 0 amide bonds. The molecule has 0 aliphatic heterocycles. The van der Waals surface area contributed by atoms with E-state index >= 15 is 0 Å². The number of carboxylic acid groups (broad SMARTS) is 1. The van der Waals surface area contributed by atoms with Crippen molar-refractivity contribution in [1.29, 1.82) is 0 Å². The highest BCUT2D eigenvalue weighted by atomic mass is 32.2. The maximum atomic E-state index is 13.4. The van der Waals surface area contributed by atoms with E-state index in [1.807, 2.05) is 0 Å². The molecule has 0 aliphatic rings. The van der Waals surface area contributed by atoms with Crippen LogP contribution in [-0.4, -0.2) is 25.7 Å². The van der Waals surface area contributed by atoms with E-state index in [0.29, 0.717) is 6.26 Å². The van der Waals surface area contributed by atoms with E-state index in [2.05, 4.69) is 0 Å². The molecule has 0 saturated heterocycles. The Morgan fingerprint density at radius 2 is 1.83 bits per heavy atom. The Morgan fingerprint density at radius 1 is 1.33 bits per heavy atom. The highest BCUT2D eigenvalue weighted by Gasteiger charge is 2.29. The summed E-state index contributed by atoms with van der Waals surface area (Å²) in [7, 11) is -4.33. The maximum Gasteiger partial charge on any atom is 0.325 e. The van der Waals surface area contributed by atoms with Gasteiger partial charge >= 0.3 is 5.97 Å². The molecule has 0 radical (unpaired) electrons. The van der Waals surface area contributed by atoms with Crippen molar-refractivity contribution in [2.75, 3.05) is 6.26 Å². The molecule has 0 aliphatic carbocycles. The summed E-state index contributed by atoms with van der Waals surface area (Å²) in [6.07, 6.45) is 0.491. The van der Waals surface area contributed by atoms with Gasteiger partial charge in [0.1, 0.15) is 16.8 Å². The summed E-state index contributed by atoms with van der Waals surface area (Å²) in [6, 6.07) is -1.74. The number of halogens is 3. The van der Waals surface area contributed by atoms with Crippen molar-refractivity contribution in [2.45, 2.75) is 10.9 Å². The summed E-state index contributed by atoms with van der Waals surface area (Å²) < 4.78 is 62.3. The summed E-state index contributed by atoms with van der Waals surface area (Å²) >= 11 is 0. The standard InChI is InChI=1S/C9H8F3NO4S/c1-18(16,17)8-4(10)2-3(5(11)6(8)12)7(13)9(14)15/h2,7H,13H2,1H3,(H,14,15). The lowest BCUT2D eigenvalue weighted by Crippen LogP contribution is -2.23. The molecule has 0 fully saturated rings. The largest absolute Gasteiger partial charge is 0.480 e. The van der Waals surface area contributed by atoms with E-state index in [1.54, 1.807) is 0 Å². The minimum Gasteiger partial charge on any atom is -0.480 e. The van der Waals surface area contributed by atoms with Gasteiger partial charge in [0, 0.05) is 11.8 Å². The fourth-order valence-corrected chi connectivity index (χ4v) is 2.12. The van der Waals surface area contributed by atoms with Crippen molar-refractivity contribution >= 4 is 15.8 Å². The quantitative estimate of drug-likeness (QED) is 0.791. The highest BCUT2D eigenvalue weighted by molar-refractivity contribution is 7.90. The zero-order valence-electron chi connectivity index (χ0n) is 8.95. The zero-order valence-corrected chi connectivity index (χ0v) is 9.76. The molecule has 0 bridgehead atoms. The predicted molar refractivity (Wildman–Crippen MR) is 54.0 cm³/mol. The van der Waals surface area contributed by atoms with Gasteiger partial charge in [0.05, 0.1) is 0 Å². The molecule has 0 spiro atoms. The number of aliphatic carboxylic acids is 1. The molecule has 0 heterocycles. The molecule has 0 aromatic heterocycles. The Labute approximate surface area is 99.9 Å². The van der Waals surface area contributed by atoms with E-state index in [1.165, 1.54) is 0 Å². The van der Waals surface area contributed by atoms with Crippen molar-refractivity contribution < 1.29 is 31.5 Å². The topological polar surface area (TPSA) is 97.5 Å². The van der Waals surface area contributed by atoms with Crippen molar-refractivity contribution in [2.24, 2.45) is 5.73 Å². The predicted octanol–water partition coefficient (Wildman–Crippen LogP) is 0.592. The number of carbonyl (C=O) groups is 1. The normalized spacial score (nSPS) is 13.4. The number of nitrogens with two attached hydrogens (primary N) is 1. The van der Waals surface area contributed by atoms with Crippen LogP contribution in [0.4, 0.5) is 13.2 Å². The number of benzene rings is 1. The second-order valence-corrected chi connectivity index (χ2v) is 5.45. The number of rotatable bonds is 3. The van der Waals surface area contributed by atoms with E-state index < -0.39 is 49.8 Å². The molecule has 1 unspecified atom stereocenters. The molecule has 1 aromatic carbocycles. The third-order valence-electron chi connectivity index (χ3n) is 2.12. The summed E-state index contributed by atoms with van der Waals surface area (Å²) in [4.78, 5) is 9.04. The summed E-state index contributed by atoms with van der Waals surface area (Å²) in [6.45, 7) is 0. The van der Waals surface area contributed by atoms with Crippen LogP contribution in [0.15, 0.2) is 11.0 Å². The molecular weight excluding hydrogens is 275 g/mol. The van der Waals surface area contributed by atoms with E-state index in [0.717, 1.165) is 0 Å². The van der Waals surface area contributed by atoms with Gasteiger partial charge in [-0.05, 0) is 6.07 Å². The molecule has 5 nitrogen and oxygen atoms in total. The number of carboxylic acids is 1. The van der Waals surface area contributed by atoms with Crippen molar-refractivity contribution in [1.82, 2.24) is 0 Å². The first-order valence-electron chi connectivity index (χ1n) is 4.43. The van der Waals surface area contributed by atoms with Gasteiger partial charge < -0.3 is 10.8 Å². The number of hydrogen-bond donors (Lipinski definition) is 2. The average molecular weight is 283 g/mol. The Bertz CT molecular complexity index is 615. The van der Waals surface area contributed by atoms with Crippen molar-refractivity contribution in [3.05, 3.63) is 29.1 Å². The lowest BCUT2D eigenvalue weighted by Gasteiger charge is -2.11. The van der Waals surface area contributed by atoms with Crippen LogP contribution in [0.2, 0.25) is 0 Å². The van der Waals surface area contributed by atoms with Gasteiger partial charge in [0.25, 0.3) is 0 Å². The highest BCUT2D eigenvalue weighted by Crippen LogP contribution is 2.26. The minimum absolute atomic E-state index is 0.258. The van der Waals surface area contributed by atoms with Crippen LogP contribution in [0, 0.1) is 17.5 Å². The number of hydrogen-bond acceptors (Lipinski definition) is 4. The second kappa shape index (κ2) is 4.58. The second-order valence-electron chi connectivity index (χ2n) is 3.49. The Kier molecular flexibility index (Phi) is 3.67. The van der Waals surface area contributed by atoms with Gasteiger partial charge in [-0.2, -0.15) is 0 Å². The summed E-state index contributed by atoms with van der Waals surface area (Å²) in [5.41, 5.74) is 4.05. The van der Waals surface area contributed by atoms with Gasteiger partial charge in [-0.15, -0.1) is 0 Å². The first kappa shape index (κ1) is 14.5. The molecule has 1 atom stereocenters. The van der Waals surface area contributed by atoms with Crippen LogP contribution < -0.4 is 5.73 Å². The van der Waals surface area contributed by atoms with Gasteiger partial charge in [0.15, 0.2) is 21.5 Å². The van der Waals surface area contributed by atoms with Crippen molar-refractivity contribution in [3.8, 4) is 0 Å². The smallest absolute Gasteiger partial charge is 0.325 e. The fourth-order valence-electron chi connectivity index (χ4n) is 1.30. The van der Waals surface area contributed by atoms with E-state index in [4.69, 9.17) is 10.8 Å². The Morgan fingerprint density at radius 3 is 2.22 bits per heavy atom. The van der Waals surface area contributed by atoms with Crippen LogP contribution >= 0.6 is 0 Å². The summed E-state index contributed by atoms with van der Waals surface area (Å²) in [5, 5.41) is 8.52. The Balaban J connectivity index is 3.62. The third-order valence-corrected chi connectivity index (χ3v) is 3.23. The van der Waals surface area contributed by atoms with Crippen LogP contribution in [0.5, 0.6) is 0 Å². The maximum absolute atomic E-state index is 13.4. The van der Waals surface area contributed by atoms with E-state index in [-0.39, 0.29) is 6.07 Å². The van der Waals surface area contributed by atoms with Crippen LogP contribution in [-0.2, 0) is 14.6 Å². The van der Waals surface area contributed by atoms with Gasteiger partial charge in [-0.1, -0.05) is 0 Å². The first-order chi connectivity index (χ1) is 8.07. The molecule has 0 saturated carbocycles. The average Bonchev–Trinajstić information content (AvgIpc) is 2.20. The van der Waals surface area contributed by atoms with Gasteiger partial charge in [-0.25, -0.2) is 21.6 Å². The zero-order chi connectivity index (χ0) is 14.2. The van der Waals surface area contributed by atoms with Gasteiger partial charge in [0.2, 0.25) is 0 Å². The molecule has 100 valence electrons. The molecule has 18 heavy (non-hydrogen) atoms. The summed E-state index contributed by atoms with van der Waals surface area (Å²) in [5.74, 6) is -7.08. The van der Waals surface area contributed by atoms with Crippen molar-refractivity contribution in [3.63, 3.8) is 0 Å². The lowest BCUT2D eigenvalue weighted by molar-refractivity contribution is -0.138. The minimum atomic E-state index is -4.33. The molecular formula is C9H8F3NO4S. The molecule has 3 N–H and O–H groups in total. The lowest BCUT2D eigenvalue weighted by atomic mass is 10.1. The van der Waals surface area contributed by atoms with Crippen LogP contribution in [0.3, 0.4) is 0 Å². The number of sulfone groups is 1. The SMILES string of the molecule is CS(=O)(=O)c1c(F)cc(C(N)C(=O)O)c(F)c1F. The van der Waals surface area contributed by atoms with Crippen LogP contribution in [0.25, 0.3) is 0 Å². The fraction of sp³-hybridized carbons (Fsp3) is 0.222. The molecule has 1 rings (SSSR count).